The van der Waals surface area contributed by atoms with Crippen molar-refractivity contribution < 1.29 is 22.9 Å². The van der Waals surface area contributed by atoms with Crippen LogP contribution in [0.15, 0.2) is 47.0 Å². The zero-order valence-electron chi connectivity index (χ0n) is 21.2. The van der Waals surface area contributed by atoms with Gasteiger partial charge in [0.05, 0.1) is 13.1 Å². The number of hydrogen-bond acceptors (Lipinski definition) is 8. The average Bonchev–Trinajstić information content (AvgIpc) is 3.38. The summed E-state index contributed by atoms with van der Waals surface area (Å²) in [4.78, 5) is 27.4. The molecule has 1 atom stereocenters. The van der Waals surface area contributed by atoms with Gasteiger partial charge in [0.2, 0.25) is 17.6 Å². The van der Waals surface area contributed by atoms with Crippen molar-refractivity contribution in [3.8, 4) is 11.4 Å². The zero-order valence-corrected chi connectivity index (χ0v) is 22.0. The van der Waals surface area contributed by atoms with Crippen LogP contribution in [0.3, 0.4) is 0 Å². The number of aromatic nitrogens is 2. The number of amides is 1. The summed E-state index contributed by atoms with van der Waals surface area (Å²) >= 11 is 5.56. The van der Waals surface area contributed by atoms with Gasteiger partial charge in [-0.05, 0) is 38.6 Å². The number of nitrogens with zero attached hydrogens (tertiary/aromatic N) is 3. The number of rotatable bonds is 7. The third kappa shape index (κ3) is 6.99. The van der Waals surface area contributed by atoms with E-state index in [0.717, 1.165) is 16.7 Å². The van der Waals surface area contributed by atoms with E-state index in [1.807, 2.05) is 0 Å². The Bertz CT molecular complexity index is 1300. The van der Waals surface area contributed by atoms with E-state index in [4.69, 9.17) is 21.5 Å². The van der Waals surface area contributed by atoms with Gasteiger partial charge in [0.25, 0.3) is 5.92 Å². The number of halogens is 3. The molecule has 1 aliphatic heterocycles. The lowest BCUT2D eigenvalue weighted by molar-refractivity contribution is -0.144. The molecule has 3 aromatic rings. The summed E-state index contributed by atoms with van der Waals surface area (Å²) in [7, 11) is 3.33. The van der Waals surface area contributed by atoms with Crippen LogP contribution in [0.2, 0.25) is 5.02 Å². The topological polar surface area (TPSA) is 124 Å². The fraction of sp³-hybridized carbons (Fsp3) is 0.346. The maximum absolute atomic E-state index is 14.7. The third-order valence-electron chi connectivity index (χ3n) is 5.96. The van der Waals surface area contributed by atoms with Crippen LogP contribution >= 0.6 is 11.6 Å². The van der Waals surface area contributed by atoms with Crippen molar-refractivity contribution in [3.63, 3.8) is 0 Å². The number of hydrogen-bond donors (Lipinski definition) is 3. The van der Waals surface area contributed by atoms with Crippen LogP contribution in [-0.2, 0) is 4.79 Å². The molecule has 1 unspecified atom stereocenters. The molecule has 1 aromatic heterocycles. The second-order valence-corrected chi connectivity index (χ2v) is 9.15. The molecule has 0 aliphatic carbocycles. The van der Waals surface area contributed by atoms with E-state index in [9.17, 15) is 18.4 Å². The highest BCUT2D eigenvalue weighted by Crippen LogP contribution is 2.40. The average molecular weight is 547 g/mol. The molecule has 1 saturated heterocycles. The second-order valence-electron chi connectivity index (χ2n) is 8.71. The van der Waals surface area contributed by atoms with E-state index in [1.165, 1.54) is 0 Å². The highest BCUT2D eigenvalue weighted by molar-refractivity contribution is 6.30. The van der Waals surface area contributed by atoms with Gasteiger partial charge in [-0.15, -0.1) is 0 Å². The Morgan fingerprint density at radius 2 is 2.05 bits per heavy atom. The summed E-state index contributed by atoms with van der Waals surface area (Å²) < 4.78 is 34.6. The van der Waals surface area contributed by atoms with E-state index in [1.54, 1.807) is 63.5 Å². The van der Waals surface area contributed by atoms with E-state index in [2.05, 4.69) is 20.8 Å². The molecule has 1 fully saturated rings. The van der Waals surface area contributed by atoms with Crippen molar-refractivity contribution >= 4 is 35.2 Å². The molecule has 9 nitrogen and oxygen atoms in total. The summed E-state index contributed by atoms with van der Waals surface area (Å²) in [6.45, 7) is 1.23. The summed E-state index contributed by atoms with van der Waals surface area (Å²) in [6.07, 6.45) is 0.809. The van der Waals surface area contributed by atoms with Gasteiger partial charge in [0, 0.05) is 46.7 Å². The molecule has 38 heavy (non-hydrogen) atoms. The summed E-state index contributed by atoms with van der Waals surface area (Å²) in [5, 5.41) is 18.0. The van der Waals surface area contributed by atoms with Crippen LogP contribution in [0.5, 0.6) is 0 Å². The lowest BCUT2D eigenvalue weighted by atomic mass is 9.92. The first-order valence-electron chi connectivity index (χ1n) is 11.8. The molecular formula is C26H29ClF2N6O3. The monoisotopic (exact) mass is 546 g/mol. The molecule has 1 amide bonds. The number of anilines is 1. The first kappa shape index (κ1) is 28.9. The minimum absolute atomic E-state index is 0.0183. The Hall–Kier alpha value is -3.70. The summed E-state index contributed by atoms with van der Waals surface area (Å²) in [6, 6.07) is 12.0. The first-order chi connectivity index (χ1) is 18.1. The Morgan fingerprint density at radius 3 is 2.63 bits per heavy atom. The molecule has 12 heteroatoms. The second kappa shape index (κ2) is 12.7. The fourth-order valence-corrected chi connectivity index (χ4v) is 4.21. The summed E-state index contributed by atoms with van der Waals surface area (Å²) in [5.74, 6) is -4.70. The van der Waals surface area contributed by atoms with E-state index in [-0.39, 0.29) is 37.1 Å². The van der Waals surface area contributed by atoms with Gasteiger partial charge in [-0.2, -0.15) is 4.98 Å². The van der Waals surface area contributed by atoms with Crippen LogP contribution in [0, 0.1) is 5.41 Å². The fourth-order valence-electron chi connectivity index (χ4n) is 4.01. The number of carbonyl (C=O) groups is 2. The first-order valence-corrected chi connectivity index (χ1v) is 12.2. The molecule has 0 bridgehead atoms. The molecule has 0 saturated carbocycles. The van der Waals surface area contributed by atoms with Crippen molar-refractivity contribution in [2.24, 2.45) is 0 Å². The Balaban J connectivity index is 0.000000375. The van der Waals surface area contributed by atoms with Gasteiger partial charge in [-0.25, -0.2) is 8.78 Å². The maximum Gasteiger partial charge on any atom is 0.276 e. The molecule has 202 valence electrons. The molecule has 3 N–H and O–H groups in total. The van der Waals surface area contributed by atoms with Crippen LogP contribution in [-0.4, -0.2) is 72.6 Å². The maximum atomic E-state index is 14.7. The quantitative estimate of drug-likeness (QED) is 0.294. The molecule has 2 heterocycles. The van der Waals surface area contributed by atoms with E-state index < -0.39 is 18.4 Å². The molecular weight excluding hydrogens is 518 g/mol. The minimum atomic E-state index is -3.16. The number of piperidine rings is 1. The molecule has 0 spiro atoms. The Labute approximate surface area is 224 Å². The SMILES string of the molecule is CNCC(=O)N1CCC(c2nc(-c3ccc(C(C)=N)c(NC)c3)no2)C(F)(F)C1.O=Cc1cccc(Cl)c1. The Kier molecular flexibility index (Phi) is 9.65. The number of likely N-dealkylation sites (N-methyl/N-ethyl adjacent to an activating group) is 1. The van der Waals surface area contributed by atoms with Gasteiger partial charge >= 0.3 is 0 Å². The van der Waals surface area contributed by atoms with E-state index in [0.29, 0.717) is 27.5 Å². The predicted octanol–water partition coefficient (Wildman–Crippen LogP) is 4.49. The Morgan fingerprint density at radius 1 is 1.29 bits per heavy atom. The van der Waals surface area contributed by atoms with Crippen molar-refractivity contribution in [1.82, 2.24) is 20.4 Å². The van der Waals surface area contributed by atoms with Crippen LogP contribution in [0.25, 0.3) is 11.4 Å². The van der Waals surface area contributed by atoms with Crippen molar-refractivity contribution in [2.75, 3.05) is 39.0 Å². The van der Waals surface area contributed by atoms with Crippen LogP contribution in [0.1, 0.15) is 41.1 Å². The van der Waals surface area contributed by atoms with Crippen molar-refractivity contribution in [3.05, 3.63) is 64.5 Å². The van der Waals surface area contributed by atoms with Crippen molar-refractivity contribution in [1.29, 1.82) is 5.41 Å². The van der Waals surface area contributed by atoms with Gasteiger partial charge in [-0.3, -0.25) is 9.59 Å². The predicted molar refractivity (Wildman–Crippen MR) is 141 cm³/mol. The smallest absolute Gasteiger partial charge is 0.276 e. The molecule has 4 rings (SSSR count). The highest BCUT2D eigenvalue weighted by Gasteiger charge is 2.49. The number of aldehydes is 1. The number of nitrogens with one attached hydrogen (secondary N) is 3. The van der Waals surface area contributed by atoms with Gasteiger partial charge in [-0.1, -0.05) is 41.0 Å². The number of alkyl halides is 2. The summed E-state index contributed by atoms with van der Waals surface area (Å²) in [5.41, 5.74) is 3.05. The molecule has 2 aromatic carbocycles. The van der Waals surface area contributed by atoms with Gasteiger partial charge < -0.3 is 25.5 Å². The molecule has 1 aliphatic rings. The number of likely N-dealkylation sites (tertiary alicyclic amines) is 1. The number of benzene rings is 2. The third-order valence-corrected chi connectivity index (χ3v) is 6.19. The van der Waals surface area contributed by atoms with Crippen LogP contribution < -0.4 is 10.6 Å². The van der Waals surface area contributed by atoms with Crippen molar-refractivity contribution in [2.45, 2.75) is 25.2 Å². The lowest BCUT2D eigenvalue weighted by Gasteiger charge is -2.36. The standard InChI is InChI=1S/C19H24F2N6O2.C7H5ClO/c1-11(22)13-5-4-12(8-15(13)24-3)17-25-18(29-26-17)14-6-7-27(10-19(14,20)21)16(28)9-23-2;8-7-3-1-2-6(4-7)5-9/h4-5,8,14,22-24H,6-7,9-10H2,1-3H3;1-5H. The number of carbonyl (C=O) groups excluding carboxylic acids is 2. The van der Waals surface area contributed by atoms with Crippen LogP contribution in [0.4, 0.5) is 14.5 Å². The molecule has 0 radical (unpaired) electrons. The van der Waals surface area contributed by atoms with E-state index >= 15 is 0 Å². The van der Waals surface area contributed by atoms with Gasteiger partial charge in [0.1, 0.15) is 12.2 Å². The highest BCUT2D eigenvalue weighted by atomic mass is 35.5. The largest absolute Gasteiger partial charge is 0.388 e. The zero-order chi connectivity index (χ0) is 27.9. The van der Waals surface area contributed by atoms with Gasteiger partial charge in [0.15, 0.2) is 0 Å². The normalized spacial score (nSPS) is 16.3. The minimum Gasteiger partial charge on any atom is -0.388 e. The lowest BCUT2D eigenvalue weighted by Crippen LogP contribution is -2.51.